The van der Waals surface area contributed by atoms with E-state index < -0.39 is 29.9 Å². The monoisotopic (exact) mass is 551 g/mol. The van der Waals surface area contributed by atoms with E-state index in [0.717, 1.165) is 5.56 Å². The van der Waals surface area contributed by atoms with Crippen LogP contribution in [0.4, 0.5) is 0 Å². The summed E-state index contributed by atoms with van der Waals surface area (Å²) in [5.74, 6) is -0.989. The van der Waals surface area contributed by atoms with Gasteiger partial charge in [-0.15, -0.1) is 11.3 Å². The number of amides is 4. The van der Waals surface area contributed by atoms with Crippen LogP contribution in [-0.2, 0) is 16.0 Å². The number of H-pyrrole nitrogens is 1. The van der Waals surface area contributed by atoms with Crippen molar-refractivity contribution in [1.82, 2.24) is 36.2 Å². The fraction of sp³-hybridized carbons (Fsp3) is 0.407. The van der Waals surface area contributed by atoms with E-state index >= 15 is 0 Å². The molecule has 0 aliphatic carbocycles. The highest BCUT2D eigenvalue weighted by atomic mass is 32.1. The quantitative estimate of drug-likeness (QED) is 0.327. The number of aryl methyl sites for hydroxylation is 1. The van der Waals surface area contributed by atoms with Crippen LogP contribution in [0.5, 0.6) is 0 Å². The molecule has 2 aromatic heterocycles. The molecular weight excluding hydrogens is 518 g/mol. The lowest BCUT2D eigenvalue weighted by atomic mass is 10.0. The van der Waals surface area contributed by atoms with E-state index in [0.29, 0.717) is 55.2 Å². The molecule has 5 N–H and O–H groups in total. The maximum Gasteiger partial charge on any atom is 0.270 e. The number of aromatic amines is 1. The van der Waals surface area contributed by atoms with Gasteiger partial charge in [-0.2, -0.15) is 0 Å². The summed E-state index contributed by atoms with van der Waals surface area (Å²) in [5, 5.41) is 13.8. The number of carbonyl (C=O) groups excluding carboxylic acids is 4. The van der Waals surface area contributed by atoms with Crippen molar-refractivity contribution in [2.45, 2.75) is 64.1 Å². The average Bonchev–Trinajstić information content (AvgIpc) is 3.60. The highest BCUT2D eigenvalue weighted by molar-refractivity contribution is 7.09. The third kappa shape index (κ3) is 7.50. The zero-order valence-corrected chi connectivity index (χ0v) is 22.8. The van der Waals surface area contributed by atoms with Crippen molar-refractivity contribution in [1.29, 1.82) is 0 Å². The fourth-order valence-corrected chi connectivity index (χ4v) is 5.16. The zero-order chi connectivity index (χ0) is 27.8. The van der Waals surface area contributed by atoms with Gasteiger partial charge < -0.3 is 26.3 Å². The minimum absolute atomic E-state index is 0.246. The lowest BCUT2D eigenvalue weighted by molar-refractivity contribution is -0.130. The summed E-state index contributed by atoms with van der Waals surface area (Å²) >= 11 is 1.31. The van der Waals surface area contributed by atoms with E-state index in [-0.39, 0.29) is 17.5 Å². The summed E-state index contributed by atoms with van der Waals surface area (Å²) in [6.45, 7) is 3.93. The summed E-state index contributed by atoms with van der Waals surface area (Å²) < 4.78 is 0. The summed E-state index contributed by atoms with van der Waals surface area (Å²) in [4.78, 5) is 63.6. The lowest BCUT2D eigenvalue weighted by Gasteiger charge is -2.24. The number of nitrogens with one attached hydrogen (secondary N) is 5. The molecule has 4 rings (SSSR count). The van der Waals surface area contributed by atoms with Gasteiger partial charge >= 0.3 is 0 Å². The van der Waals surface area contributed by atoms with Gasteiger partial charge in [-0.3, -0.25) is 19.2 Å². The first-order valence-corrected chi connectivity index (χ1v) is 13.9. The number of fused-ring (bicyclic) bond motifs is 2. The van der Waals surface area contributed by atoms with Gasteiger partial charge in [0.05, 0.1) is 12.2 Å². The van der Waals surface area contributed by atoms with Crippen LogP contribution in [0.1, 0.15) is 76.0 Å². The molecule has 4 amide bonds. The van der Waals surface area contributed by atoms with E-state index in [1.807, 2.05) is 37.3 Å². The summed E-state index contributed by atoms with van der Waals surface area (Å²) in [5.41, 5.74) is 1.54. The van der Waals surface area contributed by atoms with Crippen LogP contribution in [-0.4, -0.2) is 57.2 Å². The number of benzene rings is 1. The zero-order valence-electron chi connectivity index (χ0n) is 22.0. The molecule has 1 aromatic carbocycles. The normalized spacial score (nSPS) is 21.0. The molecule has 11 nitrogen and oxygen atoms in total. The molecule has 3 aromatic rings. The second-order valence-corrected chi connectivity index (χ2v) is 10.3. The minimum Gasteiger partial charge on any atom is -0.351 e. The number of rotatable bonds is 5. The topological polar surface area (TPSA) is 158 Å². The maximum absolute atomic E-state index is 13.4. The smallest absolute Gasteiger partial charge is 0.270 e. The molecular formula is C27H33N7O4S. The fourth-order valence-electron chi connectivity index (χ4n) is 4.31. The second-order valence-electron chi connectivity index (χ2n) is 9.45. The SMILES string of the molecule is CC[C@H]1NC(=O)[C@@H](NC(=O)c2cnc(C)[nH]2)CCCCNC(=O)c2csc(n2)[C@H](Cc2ccccc2)NC1=O. The molecule has 39 heavy (non-hydrogen) atoms. The van der Waals surface area contributed by atoms with Crippen LogP contribution in [0.2, 0.25) is 0 Å². The molecule has 0 saturated heterocycles. The number of imidazole rings is 1. The molecule has 0 radical (unpaired) electrons. The van der Waals surface area contributed by atoms with Crippen LogP contribution < -0.4 is 21.3 Å². The molecule has 1 aliphatic heterocycles. The van der Waals surface area contributed by atoms with Gasteiger partial charge in [-0.05, 0) is 44.6 Å². The van der Waals surface area contributed by atoms with E-state index in [2.05, 4.69) is 36.2 Å². The molecule has 2 bridgehead atoms. The Bertz CT molecular complexity index is 1310. The highest BCUT2D eigenvalue weighted by Gasteiger charge is 2.29. The lowest BCUT2D eigenvalue weighted by Crippen LogP contribution is -2.54. The van der Waals surface area contributed by atoms with Gasteiger partial charge in [0.25, 0.3) is 11.8 Å². The molecule has 206 valence electrons. The number of hydrogen-bond donors (Lipinski definition) is 5. The van der Waals surface area contributed by atoms with E-state index in [4.69, 9.17) is 0 Å². The Morgan fingerprint density at radius 1 is 1.08 bits per heavy atom. The number of thiazole rings is 1. The van der Waals surface area contributed by atoms with Gasteiger partial charge in [-0.25, -0.2) is 9.97 Å². The van der Waals surface area contributed by atoms with Gasteiger partial charge in [0.2, 0.25) is 11.8 Å². The minimum atomic E-state index is -0.870. The van der Waals surface area contributed by atoms with Gasteiger partial charge in [0, 0.05) is 11.9 Å². The van der Waals surface area contributed by atoms with Gasteiger partial charge in [0.1, 0.15) is 34.3 Å². The Hall–Kier alpha value is -4.06. The average molecular weight is 552 g/mol. The molecule has 3 heterocycles. The molecule has 0 fully saturated rings. The predicted octanol–water partition coefficient (Wildman–Crippen LogP) is 2.18. The summed E-state index contributed by atoms with van der Waals surface area (Å²) in [7, 11) is 0. The predicted molar refractivity (Wildman–Crippen MR) is 146 cm³/mol. The Morgan fingerprint density at radius 3 is 2.56 bits per heavy atom. The second kappa shape index (κ2) is 13.1. The summed E-state index contributed by atoms with van der Waals surface area (Å²) in [6, 6.07) is 7.48. The molecule has 1 aliphatic rings. The van der Waals surface area contributed by atoms with Crippen molar-refractivity contribution in [2.75, 3.05) is 6.54 Å². The maximum atomic E-state index is 13.4. The van der Waals surface area contributed by atoms with Crippen molar-refractivity contribution in [3.05, 3.63) is 69.7 Å². The van der Waals surface area contributed by atoms with Crippen molar-refractivity contribution in [3.63, 3.8) is 0 Å². The number of aromatic nitrogens is 3. The molecule has 0 saturated carbocycles. The van der Waals surface area contributed by atoms with Crippen LogP contribution in [0, 0.1) is 6.92 Å². The van der Waals surface area contributed by atoms with Crippen molar-refractivity contribution in [2.24, 2.45) is 0 Å². The Kier molecular flexibility index (Phi) is 9.42. The first-order valence-electron chi connectivity index (χ1n) is 13.0. The van der Waals surface area contributed by atoms with Crippen molar-refractivity contribution < 1.29 is 19.2 Å². The third-order valence-electron chi connectivity index (χ3n) is 6.47. The standard InChI is InChI=1S/C27H33N7O4S/c1-3-18-24(36)33-20(13-17-9-5-4-6-10-17)27-34-22(15-39-27)23(35)28-12-8-7-11-19(25(37)31-18)32-26(38)21-14-29-16(2)30-21/h4-6,9-10,14-15,18-20H,3,7-8,11-13H2,1-2H3,(H,28,35)(H,29,30)(H,31,37)(H,32,38)(H,33,36)/t18-,19+,20+/m1/s1. The van der Waals surface area contributed by atoms with Gasteiger partial charge in [-0.1, -0.05) is 37.3 Å². The van der Waals surface area contributed by atoms with Crippen molar-refractivity contribution in [3.8, 4) is 0 Å². The van der Waals surface area contributed by atoms with Gasteiger partial charge in [0.15, 0.2) is 0 Å². The molecule has 3 atom stereocenters. The first-order chi connectivity index (χ1) is 18.8. The van der Waals surface area contributed by atoms with Crippen LogP contribution >= 0.6 is 11.3 Å². The number of carbonyl (C=O) groups is 4. The van der Waals surface area contributed by atoms with Crippen LogP contribution in [0.15, 0.2) is 41.9 Å². The number of nitrogens with zero attached hydrogens (tertiary/aromatic N) is 2. The Labute approximate surface area is 230 Å². The van der Waals surface area contributed by atoms with Crippen LogP contribution in [0.3, 0.4) is 0 Å². The van der Waals surface area contributed by atoms with E-state index in [1.54, 1.807) is 12.3 Å². The van der Waals surface area contributed by atoms with E-state index in [1.165, 1.54) is 17.5 Å². The Balaban J connectivity index is 1.56. The van der Waals surface area contributed by atoms with E-state index in [9.17, 15) is 19.2 Å². The highest BCUT2D eigenvalue weighted by Crippen LogP contribution is 2.23. The first kappa shape index (κ1) is 28.0. The largest absolute Gasteiger partial charge is 0.351 e. The third-order valence-corrected chi connectivity index (χ3v) is 7.43. The van der Waals surface area contributed by atoms with Crippen LogP contribution in [0.25, 0.3) is 0 Å². The molecule has 0 spiro atoms. The van der Waals surface area contributed by atoms with Crippen molar-refractivity contribution >= 4 is 35.0 Å². The summed E-state index contributed by atoms with van der Waals surface area (Å²) in [6.07, 6.45) is 3.71. The molecule has 0 unspecified atom stereocenters. The number of hydrogen-bond acceptors (Lipinski definition) is 7. The Morgan fingerprint density at radius 2 is 1.85 bits per heavy atom. The molecule has 12 heteroatoms.